The number of cyclic esters (lactones) is 1. The zero-order chi connectivity index (χ0) is 15.2. The van der Waals surface area contributed by atoms with Gasteiger partial charge in [-0.05, 0) is 36.2 Å². The molecule has 2 aliphatic rings. The van der Waals surface area contributed by atoms with Crippen molar-refractivity contribution in [1.29, 1.82) is 0 Å². The maximum absolute atomic E-state index is 12.3. The van der Waals surface area contributed by atoms with E-state index in [-0.39, 0.29) is 11.9 Å². The van der Waals surface area contributed by atoms with Crippen molar-refractivity contribution in [2.75, 3.05) is 7.11 Å². The molecule has 4 heteroatoms. The maximum Gasteiger partial charge on any atom is 0.341 e. The van der Waals surface area contributed by atoms with E-state index in [0.29, 0.717) is 12.3 Å². The van der Waals surface area contributed by atoms with Crippen molar-refractivity contribution < 1.29 is 14.3 Å². The van der Waals surface area contributed by atoms with Gasteiger partial charge in [0.1, 0.15) is 5.75 Å². The van der Waals surface area contributed by atoms with Crippen LogP contribution in [0, 0.1) is 0 Å². The molecule has 2 atom stereocenters. The summed E-state index contributed by atoms with van der Waals surface area (Å²) in [7, 11) is 1.64. The fourth-order valence-electron chi connectivity index (χ4n) is 2.96. The van der Waals surface area contributed by atoms with Crippen LogP contribution in [0.4, 0.5) is 0 Å². The van der Waals surface area contributed by atoms with Crippen LogP contribution in [0.15, 0.2) is 59.6 Å². The minimum Gasteiger partial charge on any atom is -0.497 e. The third kappa shape index (κ3) is 1.91. The van der Waals surface area contributed by atoms with E-state index in [0.717, 1.165) is 16.9 Å². The van der Waals surface area contributed by atoms with Gasteiger partial charge in [-0.1, -0.05) is 30.3 Å². The summed E-state index contributed by atoms with van der Waals surface area (Å²) < 4.78 is 10.6. The van der Waals surface area contributed by atoms with Crippen LogP contribution in [0.2, 0.25) is 0 Å². The molecule has 0 N–H and O–H groups in total. The van der Waals surface area contributed by atoms with E-state index in [1.54, 1.807) is 7.11 Å². The number of carbonyl (C=O) groups is 1. The number of ether oxygens (including phenoxy) is 2. The smallest absolute Gasteiger partial charge is 0.341 e. The third-order valence-corrected chi connectivity index (χ3v) is 4.31. The van der Waals surface area contributed by atoms with Crippen LogP contribution in [0.5, 0.6) is 5.75 Å². The van der Waals surface area contributed by atoms with E-state index in [4.69, 9.17) is 9.47 Å². The highest BCUT2D eigenvalue weighted by Crippen LogP contribution is 2.57. The molecule has 1 fully saturated rings. The predicted octanol–water partition coefficient (Wildman–Crippen LogP) is 2.92. The van der Waals surface area contributed by atoms with Crippen LogP contribution in [-0.4, -0.2) is 24.5 Å². The molecule has 2 aromatic carbocycles. The molecule has 1 aliphatic carbocycles. The van der Waals surface area contributed by atoms with E-state index in [1.165, 1.54) is 0 Å². The molecule has 1 saturated carbocycles. The van der Waals surface area contributed by atoms with Crippen LogP contribution in [0.1, 0.15) is 23.5 Å². The molecule has 0 saturated heterocycles. The molecule has 0 unspecified atom stereocenters. The molecular formula is C18H15NO3. The lowest BCUT2D eigenvalue weighted by atomic mass is 10.1. The molecule has 1 aliphatic heterocycles. The van der Waals surface area contributed by atoms with Crippen molar-refractivity contribution in [3.63, 3.8) is 0 Å². The Balaban J connectivity index is 1.63. The number of aliphatic imine (C=N–C) groups is 1. The molecule has 22 heavy (non-hydrogen) atoms. The molecule has 1 spiro atoms. The lowest BCUT2D eigenvalue weighted by Crippen LogP contribution is -2.18. The quantitative estimate of drug-likeness (QED) is 0.817. The van der Waals surface area contributed by atoms with E-state index in [1.807, 2.05) is 54.6 Å². The number of methoxy groups -OCH3 is 1. The average Bonchev–Trinajstić information content (AvgIpc) is 3.21. The molecule has 0 aromatic heterocycles. The number of hydrogen-bond acceptors (Lipinski definition) is 4. The summed E-state index contributed by atoms with van der Waals surface area (Å²) in [6, 6.07) is 17.3. The Hall–Kier alpha value is -2.62. The Kier molecular flexibility index (Phi) is 2.79. The Bertz CT molecular complexity index is 752. The van der Waals surface area contributed by atoms with Gasteiger partial charge in [-0.3, -0.25) is 0 Å². The highest BCUT2D eigenvalue weighted by molar-refractivity contribution is 6.09. The predicted molar refractivity (Wildman–Crippen MR) is 82.2 cm³/mol. The van der Waals surface area contributed by atoms with Gasteiger partial charge in [0.25, 0.3) is 0 Å². The van der Waals surface area contributed by atoms with Crippen molar-refractivity contribution >= 4 is 11.9 Å². The first kappa shape index (κ1) is 13.1. The maximum atomic E-state index is 12.3. The van der Waals surface area contributed by atoms with Crippen LogP contribution < -0.4 is 4.74 Å². The van der Waals surface area contributed by atoms with Crippen LogP contribution >= 0.6 is 0 Å². The second kappa shape index (κ2) is 4.70. The lowest BCUT2D eigenvalue weighted by molar-refractivity contribution is -0.136. The Morgan fingerprint density at radius 1 is 1.14 bits per heavy atom. The van der Waals surface area contributed by atoms with Gasteiger partial charge in [-0.15, -0.1) is 0 Å². The molecule has 110 valence electrons. The Morgan fingerprint density at radius 3 is 2.55 bits per heavy atom. The van der Waals surface area contributed by atoms with Gasteiger partial charge < -0.3 is 9.47 Å². The molecule has 1 heterocycles. The monoisotopic (exact) mass is 293 g/mol. The van der Waals surface area contributed by atoms with Gasteiger partial charge in [-0.2, -0.15) is 0 Å². The van der Waals surface area contributed by atoms with Crippen molar-refractivity contribution in [3.05, 3.63) is 65.7 Å². The van der Waals surface area contributed by atoms with E-state index < -0.39 is 5.54 Å². The van der Waals surface area contributed by atoms with E-state index in [2.05, 4.69) is 4.99 Å². The number of benzene rings is 2. The van der Waals surface area contributed by atoms with Gasteiger partial charge >= 0.3 is 5.97 Å². The number of rotatable bonds is 3. The van der Waals surface area contributed by atoms with Gasteiger partial charge in [0.05, 0.1) is 7.11 Å². The number of hydrogen-bond donors (Lipinski definition) is 0. The minimum absolute atomic E-state index is 0.0899. The van der Waals surface area contributed by atoms with Crippen LogP contribution in [0.3, 0.4) is 0 Å². The van der Waals surface area contributed by atoms with Gasteiger partial charge in [0.15, 0.2) is 5.54 Å². The van der Waals surface area contributed by atoms with Gasteiger partial charge in [0.2, 0.25) is 5.90 Å². The topological polar surface area (TPSA) is 47.9 Å². The summed E-state index contributed by atoms with van der Waals surface area (Å²) in [5, 5.41) is 0. The van der Waals surface area contributed by atoms with Crippen molar-refractivity contribution in [2.45, 2.75) is 17.9 Å². The Morgan fingerprint density at radius 2 is 1.86 bits per heavy atom. The third-order valence-electron chi connectivity index (χ3n) is 4.31. The Labute approximate surface area is 128 Å². The standard InChI is InChI=1S/C18H15NO3/c1-21-14-9-7-12(8-10-14)15-11-18(15)17(20)22-16(19-18)13-5-3-2-4-6-13/h2-10,15H,11H2,1H3/t15-,18-/m1/s1. The fraction of sp³-hybridized carbons (Fsp3) is 0.222. The fourth-order valence-corrected chi connectivity index (χ4v) is 2.96. The molecular weight excluding hydrogens is 278 g/mol. The summed E-state index contributed by atoms with van der Waals surface area (Å²) in [6.07, 6.45) is 0.703. The molecule has 2 aromatic rings. The molecule has 0 amide bonds. The van der Waals surface area contributed by atoms with E-state index >= 15 is 0 Å². The first-order valence-electron chi connectivity index (χ1n) is 7.24. The first-order valence-corrected chi connectivity index (χ1v) is 7.24. The molecule has 0 bridgehead atoms. The number of carbonyl (C=O) groups excluding carboxylic acids is 1. The normalized spacial score (nSPS) is 25.8. The molecule has 4 rings (SSSR count). The van der Waals surface area contributed by atoms with Crippen LogP contribution in [-0.2, 0) is 9.53 Å². The SMILES string of the molecule is COc1ccc([C@H]2C[C@@]23N=C(c2ccccc2)OC3=O)cc1. The summed E-state index contributed by atoms with van der Waals surface area (Å²) in [5.41, 5.74) is 1.21. The van der Waals surface area contributed by atoms with Gasteiger partial charge in [0, 0.05) is 11.5 Å². The van der Waals surface area contributed by atoms with E-state index in [9.17, 15) is 4.79 Å². The summed E-state index contributed by atoms with van der Waals surface area (Å²) in [4.78, 5) is 16.9. The highest BCUT2D eigenvalue weighted by atomic mass is 16.6. The summed E-state index contributed by atoms with van der Waals surface area (Å²) in [6.45, 7) is 0. The second-order valence-corrected chi connectivity index (χ2v) is 5.63. The lowest BCUT2D eigenvalue weighted by Gasteiger charge is -2.04. The van der Waals surface area contributed by atoms with Gasteiger partial charge in [-0.25, -0.2) is 9.79 Å². The largest absolute Gasteiger partial charge is 0.497 e. The number of esters is 1. The first-order chi connectivity index (χ1) is 10.7. The number of nitrogens with zero attached hydrogens (tertiary/aromatic N) is 1. The second-order valence-electron chi connectivity index (χ2n) is 5.63. The molecule has 0 radical (unpaired) electrons. The van der Waals surface area contributed by atoms with Crippen LogP contribution in [0.25, 0.3) is 0 Å². The zero-order valence-corrected chi connectivity index (χ0v) is 12.2. The van der Waals surface area contributed by atoms with Crippen molar-refractivity contribution in [3.8, 4) is 5.75 Å². The zero-order valence-electron chi connectivity index (χ0n) is 12.2. The summed E-state index contributed by atoms with van der Waals surface area (Å²) in [5.74, 6) is 1.09. The van der Waals surface area contributed by atoms with Crippen molar-refractivity contribution in [2.24, 2.45) is 4.99 Å². The molecule has 4 nitrogen and oxygen atoms in total. The highest BCUT2D eigenvalue weighted by Gasteiger charge is 2.65. The minimum atomic E-state index is -0.722. The average molecular weight is 293 g/mol. The summed E-state index contributed by atoms with van der Waals surface area (Å²) >= 11 is 0. The van der Waals surface area contributed by atoms with Crippen molar-refractivity contribution in [1.82, 2.24) is 0 Å².